The van der Waals surface area contributed by atoms with Crippen LogP contribution in [0.25, 0.3) is 0 Å². The smallest absolute Gasteiger partial charge is 0.371 e. The average Bonchev–Trinajstić information content (AvgIpc) is 2.02. The molecule has 0 N–H and O–H groups in total. The number of hydrogen-bond donors (Lipinski definition) is 0. The van der Waals surface area contributed by atoms with Crippen molar-refractivity contribution in [1.82, 2.24) is 4.31 Å². The first-order valence-corrected chi connectivity index (χ1v) is 5.53. The topological polar surface area (TPSA) is 46.6 Å². The molecule has 0 unspecified atom stereocenters. The molecule has 0 saturated heterocycles. The van der Waals surface area contributed by atoms with Gasteiger partial charge in [0.25, 0.3) is 0 Å². The summed E-state index contributed by atoms with van der Waals surface area (Å²) in [5.41, 5.74) is 0. The van der Waals surface area contributed by atoms with Gasteiger partial charge in [0.1, 0.15) is 5.75 Å². The van der Waals surface area contributed by atoms with Crippen molar-refractivity contribution in [3.8, 4) is 5.75 Å². The fourth-order valence-corrected chi connectivity index (χ4v) is 1.39. The molecule has 0 spiro atoms. The van der Waals surface area contributed by atoms with Gasteiger partial charge in [-0.2, -0.15) is 12.7 Å². The summed E-state index contributed by atoms with van der Waals surface area (Å²) in [5.74, 6) is 0.200. The fourth-order valence-electron chi connectivity index (χ4n) is 0.715. The third-order valence-corrected chi connectivity index (χ3v) is 2.98. The second-order valence-electron chi connectivity index (χ2n) is 2.78. The Morgan fingerprint density at radius 1 is 1.36 bits per heavy atom. The normalized spacial score (nSPS) is 11.7. The molecule has 1 rings (SSSR count). The minimum absolute atomic E-state index is 0.200. The van der Waals surface area contributed by atoms with Gasteiger partial charge >= 0.3 is 10.3 Å². The first kappa shape index (κ1) is 11.3. The molecule has 0 fully saturated rings. The summed E-state index contributed by atoms with van der Waals surface area (Å²) in [4.78, 5) is 0. The van der Waals surface area contributed by atoms with Gasteiger partial charge in [-0.15, -0.1) is 0 Å². The SMILES string of the molecule is CN(C)S(=O)(=O)Oc1cccc(Cl)c1. The molecule has 0 atom stereocenters. The maximum Gasteiger partial charge on any atom is 0.384 e. The van der Waals surface area contributed by atoms with Crippen molar-refractivity contribution in [2.45, 2.75) is 0 Å². The van der Waals surface area contributed by atoms with Crippen molar-refractivity contribution in [2.24, 2.45) is 0 Å². The maximum atomic E-state index is 11.3. The van der Waals surface area contributed by atoms with Crippen LogP contribution in [0.15, 0.2) is 24.3 Å². The van der Waals surface area contributed by atoms with Crippen molar-refractivity contribution in [3.05, 3.63) is 29.3 Å². The molecule has 0 aliphatic heterocycles. The molecule has 0 aliphatic rings. The van der Waals surface area contributed by atoms with Crippen molar-refractivity contribution < 1.29 is 12.6 Å². The van der Waals surface area contributed by atoms with E-state index >= 15 is 0 Å². The van der Waals surface area contributed by atoms with E-state index in [-0.39, 0.29) is 5.75 Å². The van der Waals surface area contributed by atoms with Crippen LogP contribution in [0.3, 0.4) is 0 Å². The standard InChI is InChI=1S/C8H10ClNO3S/c1-10(2)14(11,12)13-8-5-3-4-7(9)6-8/h3-6H,1-2H3. The van der Waals surface area contributed by atoms with Crippen LogP contribution < -0.4 is 4.18 Å². The van der Waals surface area contributed by atoms with Gasteiger partial charge in [-0.1, -0.05) is 17.7 Å². The number of rotatable bonds is 3. The second-order valence-corrected chi connectivity index (χ2v) is 4.97. The van der Waals surface area contributed by atoms with Crippen LogP contribution in [0.2, 0.25) is 5.02 Å². The van der Waals surface area contributed by atoms with E-state index < -0.39 is 10.3 Å². The van der Waals surface area contributed by atoms with Crippen LogP contribution >= 0.6 is 11.6 Å². The molecule has 0 amide bonds. The van der Waals surface area contributed by atoms with E-state index in [1.165, 1.54) is 26.2 Å². The van der Waals surface area contributed by atoms with Gasteiger partial charge in [0, 0.05) is 25.2 Å². The van der Waals surface area contributed by atoms with Gasteiger partial charge in [0.05, 0.1) is 0 Å². The van der Waals surface area contributed by atoms with Crippen molar-refractivity contribution in [3.63, 3.8) is 0 Å². The molecule has 0 aliphatic carbocycles. The lowest BCUT2D eigenvalue weighted by atomic mass is 10.3. The van der Waals surface area contributed by atoms with Gasteiger partial charge < -0.3 is 4.18 Å². The molecular formula is C8H10ClNO3S. The van der Waals surface area contributed by atoms with Crippen LogP contribution in [0.1, 0.15) is 0 Å². The average molecular weight is 236 g/mol. The van der Waals surface area contributed by atoms with Crippen LogP contribution in [-0.2, 0) is 10.3 Å². The molecule has 78 valence electrons. The molecule has 0 saturated carbocycles. The van der Waals surface area contributed by atoms with Gasteiger partial charge in [0.2, 0.25) is 0 Å². The quantitative estimate of drug-likeness (QED) is 0.798. The highest BCUT2D eigenvalue weighted by Crippen LogP contribution is 2.19. The lowest BCUT2D eigenvalue weighted by Crippen LogP contribution is -2.26. The molecular weight excluding hydrogens is 226 g/mol. The third kappa shape index (κ3) is 2.87. The summed E-state index contributed by atoms with van der Waals surface area (Å²) in [6.07, 6.45) is 0. The predicted molar refractivity (Wildman–Crippen MR) is 54.7 cm³/mol. The second kappa shape index (κ2) is 4.16. The molecule has 0 bridgehead atoms. The van der Waals surface area contributed by atoms with E-state index in [1.54, 1.807) is 12.1 Å². The summed E-state index contributed by atoms with van der Waals surface area (Å²) < 4.78 is 28.3. The van der Waals surface area contributed by atoms with Crippen LogP contribution in [0, 0.1) is 0 Å². The Bertz CT molecular complexity index is 416. The first-order valence-electron chi connectivity index (χ1n) is 3.79. The van der Waals surface area contributed by atoms with E-state index in [2.05, 4.69) is 0 Å². The van der Waals surface area contributed by atoms with E-state index in [0.29, 0.717) is 5.02 Å². The minimum Gasteiger partial charge on any atom is -0.371 e. The van der Waals surface area contributed by atoms with Crippen LogP contribution in [0.4, 0.5) is 0 Å². The first-order chi connectivity index (χ1) is 6.42. The van der Waals surface area contributed by atoms with E-state index in [9.17, 15) is 8.42 Å². The minimum atomic E-state index is -3.69. The summed E-state index contributed by atoms with van der Waals surface area (Å²) in [6, 6.07) is 6.20. The highest BCUT2D eigenvalue weighted by molar-refractivity contribution is 7.84. The van der Waals surface area contributed by atoms with E-state index in [1.807, 2.05) is 0 Å². The highest BCUT2D eigenvalue weighted by Gasteiger charge is 2.15. The zero-order valence-electron chi connectivity index (χ0n) is 7.77. The lowest BCUT2D eigenvalue weighted by molar-refractivity contribution is 0.421. The van der Waals surface area contributed by atoms with Crippen molar-refractivity contribution in [1.29, 1.82) is 0 Å². The third-order valence-electron chi connectivity index (χ3n) is 1.44. The Balaban J connectivity index is 2.90. The molecule has 1 aromatic carbocycles. The molecule has 14 heavy (non-hydrogen) atoms. The number of nitrogens with zero attached hydrogens (tertiary/aromatic N) is 1. The Kier molecular flexibility index (Phi) is 3.36. The summed E-state index contributed by atoms with van der Waals surface area (Å²) in [5, 5.41) is 0.427. The zero-order valence-corrected chi connectivity index (χ0v) is 9.34. The van der Waals surface area contributed by atoms with Crippen LogP contribution in [0.5, 0.6) is 5.75 Å². The summed E-state index contributed by atoms with van der Waals surface area (Å²) in [6.45, 7) is 0. The van der Waals surface area contributed by atoms with Gasteiger partial charge in [-0.3, -0.25) is 0 Å². The molecule has 0 heterocycles. The largest absolute Gasteiger partial charge is 0.384 e. The molecule has 1 aromatic rings. The van der Waals surface area contributed by atoms with Gasteiger partial charge in [-0.05, 0) is 12.1 Å². The van der Waals surface area contributed by atoms with Gasteiger partial charge in [-0.25, -0.2) is 0 Å². The Morgan fingerprint density at radius 3 is 2.50 bits per heavy atom. The summed E-state index contributed by atoms with van der Waals surface area (Å²) >= 11 is 5.66. The predicted octanol–water partition coefficient (Wildman–Crippen LogP) is 1.53. The van der Waals surface area contributed by atoms with Crippen molar-refractivity contribution >= 4 is 21.9 Å². The number of halogens is 1. The van der Waals surface area contributed by atoms with E-state index in [0.717, 1.165) is 4.31 Å². The molecule has 6 heteroatoms. The monoisotopic (exact) mass is 235 g/mol. The molecule has 0 aromatic heterocycles. The fraction of sp³-hybridized carbons (Fsp3) is 0.250. The molecule has 4 nitrogen and oxygen atoms in total. The highest BCUT2D eigenvalue weighted by atomic mass is 35.5. The number of benzene rings is 1. The van der Waals surface area contributed by atoms with Crippen LogP contribution in [-0.4, -0.2) is 26.8 Å². The summed E-state index contributed by atoms with van der Waals surface area (Å²) in [7, 11) is -0.916. The maximum absolute atomic E-state index is 11.3. The zero-order chi connectivity index (χ0) is 10.8. The molecule has 0 radical (unpaired) electrons. The van der Waals surface area contributed by atoms with E-state index in [4.69, 9.17) is 15.8 Å². The number of hydrogen-bond acceptors (Lipinski definition) is 3. The Labute approximate surface area is 88.3 Å². The lowest BCUT2D eigenvalue weighted by Gasteiger charge is -2.11. The van der Waals surface area contributed by atoms with Gasteiger partial charge in [0.15, 0.2) is 0 Å². The van der Waals surface area contributed by atoms with Crippen molar-refractivity contribution in [2.75, 3.05) is 14.1 Å². The Morgan fingerprint density at radius 2 is 2.00 bits per heavy atom. The Hall–Kier alpha value is -0.780.